The Hall–Kier alpha value is -2.06. The van der Waals surface area contributed by atoms with E-state index in [1.807, 2.05) is 6.07 Å². The smallest absolute Gasteiger partial charge is 0.284 e. The Morgan fingerprint density at radius 2 is 1.92 bits per heavy atom. The highest BCUT2D eigenvalue weighted by Gasteiger charge is 2.26. The molecule has 0 spiro atoms. The summed E-state index contributed by atoms with van der Waals surface area (Å²) >= 11 is 6.46. The molecule has 0 unspecified atom stereocenters. The van der Waals surface area contributed by atoms with E-state index in [0.717, 1.165) is 0 Å². The molecule has 8 heteroatoms. The maximum absolute atomic E-state index is 12.1. The van der Waals surface area contributed by atoms with E-state index in [2.05, 4.69) is 42.4 Å². The molecule has 3 rings (SSSR count). The maximum atomic E-state index is 12.1. The van der Waals surface area contributed by atoms with Gasteiger partial charge in [-0.3, -0.25) is 4.79 Å². The Morgan fingerprint density at radius 1 is 1.25 bits per heavy atom. The highest BCUT2D eigenvalue weighted by Crippen LogP contribution is 2.33. The predicted octanol–water partition coefficient (Wildman–Crippen LogP) is 3.21. The van der Waals surface area contributed by atoms with Gasteiger partial charge in [0.2, 0.25) is 6.10 Å². The lowest BCUT2D eigenvalue weighted by Crippen LogP contribution is -2.42. The number of hydrogen-bond acceptors (Lipinski definition) is 5. The number of amides is 1. The molecule has 6 nitrogen and oxygen atoms in total. The van der Waals surface area contributed by atoms with E-state index in [-0.39, 0.29) is 12.4 Å². The first-order chi connectivity index (χ1) is 11.5. The number of carbonyl (C=O) groups is 1. The van der Waals surface area contributed by atoms with Crippen LogP contribution >= 0.6 is 31.9 Å². The number of aromatic hydroxyl groups is 1. The van der Waals surface area contributed by atoms with E-state index in [1.165, 1.54) is 6.21 Å². The number of ether oxygens (including phenoxy) is 2. The van der Waals surface area contributed by atoms with Gasteiger partial charge in [0, 0.05) is 0 Å². The lowest BCUT2D eigenvalue weighted by atomic mass is 10.2. The molecule has 0 saturated carbocycles. The minimum atomic E-state index is -0.768. The second-order valence-corrected chi connectivity index (χ2v) is 6.64. The third-order valence-corrected chi connectivity index (χ3v) is 4.44. The van der Waals surface area contributed by atoms with Crippen molar-refractivity contribution >= 4 is 44.0 Å². The number of nitrogens with zero attached hydrogens (tertiary/aromatic N) is 1. The lowest BCUT2D eigenvalue weighted by Gasteiger charge is -2.24. The van der Waals surface area contributed by atoms with Gasteiger partial charge in [0.15, 0.2) is 11.5 Å². The van der Waals surface area contributed by atoms with Crippen molar-refractivity contribution in [1.29, 1.82) is 0 Å². The quantitative estimate of drug-likeness (QED) is 0.550. The van der Waals surface area contributed by atoms with Gasteiger partial charge in [0.25, 0.3) is 5.91 Å². The molecule has 2 aromatic carbocycles. The summed E-state index contributed by atoms with van der Waals surface area (Å²) in [7, 11) is 0. The van der Waals surface area contributed by atoms with Gasteiger partial charge in [-0.1, -0.05) is 12.1 Å². The van der Waals surface area contributed by atoms with E-state index in [4.69, 9.17) is 9.47 Å². The number of phenolic OH excluding ortho intramolecular Hbond substituents is 1. The molecule has 0 aliphatic carbocycles. The number of phenols is 1. The molecular weight excluding hydrogens is 444 g/mol. The van der Waals surface area contributed by atoms with E-state index < -0.39 is 12.0 Å². The summed E-state index contributed by atoms with van der Waals surface area (Å²) in [6.45, 7) is 0.120. The number of para-hydroxylation sites is 2. The number of halogens is 2. The van der Waals surface area contributed by atoms with Crippen molar-refractivity contribution in [3.05, 3.63) is 50.9 Å². The van der Waals surface area contributed by atoms with E-state index in [9.17, 15) is 9.90 Å². The van der Waals surface area contributed by atoms with Gasteiger partial charge >= 0.3 is 0 Å². The van der Waals surface area contributed by atoms with Crippen molar-refractivity contribution in [2.24, 2.45) is 5.10 Å². The summed E-state index contributed by atoms with van der Waals surface area (Å²) in [4.78, 5) is 12.1. The normalized spacial score (nSPS) is 16.2. The first-order valence-electron chi connectivity index (χ1n) is 6.94. The third-order valence-electron chi connectivity index (χ3n) is 3.23. The van der Waals surface area contributed by atoms with Crippen molar-refractivity contribution in [2.45, 2.75) is 6.10 Å². The molecular formula is C16H12Br2N2O4. The molecule has 1 aliphatic heterocycles. The number of nitrogens with one attached hydrogen (secondary N) is 1. The van der Waals surface area contributed by atoms with Gasteiger partial charge in [-0.25, -0.2) is 5.43 Å². The molecule has 24 heavy (non-hydrogen) atoms. The van der Waals surface area contributed by atoms with Crippen LogP contribution in [0, 0.1) is 0 Å². The molecule has 0 bridgehead atoms. The van der Waals surface area contributed by atoms with Crippen LogP contribution in [0.15, 0.2) is 50.4 Å². The van der Waals surface area contributed by atoms with Crippen molar-refractivity contribution < 1.29 is 19.4 Å². The number of hydrazone groups is 1. The fourth-order valence-corrected chi connectivity index (χ4v) is 3.27. The van der Waals surface area contributed by atoms with Crippen LogP contribution in [0.4, 0.5) is 0 Å². The van der Waals surface area contributed by atoms with Gasteiger partial charge in [0.05, 0.1) is 15.2 Å². The standard InChI is InChI=1S/C16H12Br2N2O4/c17-10-5-9(6-11(18)15(10)21)7-19-20-16(22)14-8-23-12-3-1-2-4-13(12)24-14/h1-7,14,21H,8H2,(H,20,22)/b19-7+/t14-/m1/s1. The zero-order valence-electron chi connectivity index (χ0n) is 12.2. The summed E-state index contributed by atoms with van der Waals surface area (Å²) in [6, 6.07) is 10.5. The van der Waals surface area contributed by atoms with E-state index >= 15 is 0 Å². The first kappa shape index (κ1) is 16.8. The number of carbonyl (C=O) groups excluding carboxylic acids is 1. The molecule has 0 radical (unpaired) electrons. The molecule has 0 aromatic heterocycles. The van der Waals surface area contributed by atoms with Crippen LogP contribution < -0.4 is 14.9 Å². The molecule has 1 atom stereocenters. The maximum Gasteiger partial charge on any atom is 0.284 e. The van der Waals surface area contributed by atoms with Crippen LogP contribution in [0.2, 0.25) is 0 Å². The number of hydrogen-bond donors (Lipinski definition) is 2. The summed E-state index contributed by atoms with van der Waals surface area (Å²) in [5, 5.41) is 13.6. The molecule has 0 saturated heterocycles. The van der Waals surface area contributed by atoms with Gasteiger partial charge in [-0.05, 0) is 61.7 Å². The summed E-state index contributed by atoms with van der Waals surface area (Å²) in [5.41, 5.74) is 3.11. The van der Waals surface area contributed by atoms with Crippen molar-refractivity contribution in [1.82, 2.24) is 5.43 Å². The number of fused-ring (bicyclic) bond motifs is 1. The second-order valence-electron chi connectivity index (χ2n) is 4.93. The topological polar surface area (TPSA) is 80.2 Å². The highest BCUT2D eigenvalue weighted by molar-refractivity contribution is 9.11. The van der Waals surface area contributed by atoms with Crippen LogP contribution in [-0.4, -0.2) is 29.9 Å². The Kier molecular flexibility index (Phi) is 5.06. The minimum absolute atomic E-state index is 0.0996. The molecule has 1 heterocycles. The van der Waals surface area contributed by atoms with Gasteiger partial charge in [0.1, 0.15) is 12.4 Å². The zero-order valence-corrected chi connectivity index (χ0v) is 15.4. The first-order valence-corrected chi connectivity index (χ1v) is 8.52. The molecule has 2 aromatic rings. The van der Waals surface area contributed by atoms with E-state index in [1.54, 1.807) is 30.3 Å². The highest BCUT2D eigenvalue weighted by atomic mass is 79.9. The lowest BCUT2D eigenvalue weighted by molar-refractivity contribution is -0.130. The number of benzene rings is 2. The average Bonchev–Trinajstić information content (AvgIpc) is 2.59. The summed E-state index contributed by atoms with van der Waals surface area (Å²) in [5.74, 6) is 0.836. The Bertz CT molecular complexity index is 787. The van der Waals surface area contributed by atoms with Crippen LogP contribution in [0.1, 0.15) is 5.56 Å². The summed E-state index contributed by atoms with van der Waals surface area (Å²) in [6.07, 6.45) is 0.695. The van der Waals surface area contributed by atoms with Crippen LogP contribution in [-0.2, 0) is 4.79 Å². The summed E-state index contributed by atoms with van der Waals surface area (Å²) < 4.78 is 12.1. The zero-order chi connectivity index (χ0) is 17.1. The van der Waals surface area contributed by atoms with Crippen molar-refractivity contribution in [2.75, 3.05) is 6.61 Å². The van der Waals surface area contributed by atoms with Crippen molar-refractivity contribution in [3.63, 3.8) is 0 Å². The average molecular weight is 456 g/mol. The van der Waals surface area contributed by atoms with Gasteiger partial charge in [-0.15, -0.1) is 0 Å². The minimum Gasteiger partial charge on any atom is -0.506 e. The Balaban J connectivity index is 1.62. The third kappa shape index (κ3) is 3.70. The Morgan fingerprint density at radius 3 is 2.62 bits per heavy atom. The monoisotopic (exact) mass is 454 g/mol. The van der Waals surface area contributed by atoms with Crippen molar-refractivity contribution in [3.8, 4) is 17.2 Å². The molecule has 1 aliphatic rings. The molecule has 124 valence electrons. The number of rotatable bonds is 3. The second kappa shape index (κ2) is 7.23. The Labute approximate surface area is 154 Å². The molecule has 2 N–H and O–H groups in total. The van der Waals surface area contributed by atoms with E-state index in [0.29, 0.717) is 26.0 Å². The molecule has 0 fully saturated rings. The van der Waals surface area contributed by atoms with Gasteiger partial charge < -0.3 is 14.6 Å². The molecule has 1 amide bonds. The van der Waals surface area contributed by atoms with Crippen LogP contribution in [0.25, 0.3) is 0 Å². The fourth-order valence-electron chi connectivity index (χ4n) is 2.05. The van der Waals surface area contributed by atoms with Crippen LogP contribution in [0.5, 0.6) is 17.2 Å². The SMILES string of the molecule is O=C(N/N=C/c1cc(Br)c(O)c(Br)c1)[C@H]1COc2ccccc2O1. The largest absolute Gasteiger partial charge is 0.506 e. The predicted molar refractivity (Wildman–Crippen MR) is 95.6 cm³/mol. The van der Waals surface area contributed by atoms with Gasteiger partial charge in [-0.2, -0.15) is 5.10 Å². The van der Waals surface area contributed by atoms with Crippen LogP contribution in [0.3, 0.4) is 0 Å². The fraction of sp³-hybridized carbons (Fsp3) is 0.125.